The summed E-state index contributed by atoms with van der Waals surface area (Å²) in [5.41, 5.74) is 7.83. The minimum Gasteiger partial charge on any atom is -0.469 e. The minimum absolute atomic E-state index is 0.521. The maximum absolute atomic E-state index is 10.4. The molecule has 0 fully saturated rings. The van der Waals surface area contributed by atoms with Crippen LogP contribution in [0.5, 0.6) is 0 Å². The second-order valence-electron chi connectivity index (χ2n) is 1.40. The molecule has 9 heavy (non-hydrogen) atoms. The predicted octanol–water partition coefficient (Wildman–Crippen LogP) is 1.10. The van der Waals surface area contributed by atoms with E-state index in [9.17, 15) is 4.79 Å². The smallest absolute Gasteiger partial charge is 0.314 e. The molecule has 5 heteroatoms. The Labute approximate surface area is 55.3 Å². The fourth-order valence-corrected chi connectivity index (χ4v) is 0.295. The van der Waals surface area contributed by atoms with Gasteiger partial charge in [0, 0.05) is 7.88 Å². The molecule has 0 saturated heterocycles. The molecule has 1 atom stereocenters. The van der Waals surface area contributed by atoms with Crippen LogP contribution in [0.1, 0.15) is 9.89 Å². The summed E-state index contributed by atoms with van der Waals surface area (Å²) in [6, 6.07) is -0.722. The highest BCUT2D eigenvalue weighted by atomic mass is 16.5. The van der Waals surface area contributed by atoms with E-state index in [1.807, 2.05) is 0 Å². The predicted molar refractivity (Wildman–Crippen MR) is 32.7 cm³/mol. The topological polar surface area (TPSA) is 75.1 Å². The molecule has 0 amide bonds. The normalized spacial score (nSPS) is 12.2. The molecule has 0 saturated carbocycles. The van der Waals surface area contributed by atoms with Crippen LogP contribution in [0.4, 0.5) is 0 Å². The van der Waals surface area contributed by atoms with Gasteiger partial charge in [-0.2, -0.15) is 0 Å². The lowest BCUT2D eigenvalue weighted by molar-refractivity contribution is -0.141. The standard InChI is InChI=1S/C4H7N3O2.H2/c1-3(6-7-5)4(8)9-2;/h3H,1-2H3;1H/i;1+1D. The molecule has 0 aromatic carbocycles. The summed E-state index contributed by atoms with van der Waals surface area (Å²) in [6.45, 7) is 1.46. The first-order valence-electron chi connectivity index (χ1n) is 3.34. The molecule has 0 aliphatic carbocycles. The van der Waals surface area contributed by atoms with Crippen LogP contribution in [0.2, 0.25) is 0 Å². The summed E-state index contributed by atoms with van der Waals surface area (Å²) in [5, 5.41) is 3.10. The lowest BCUT2D eigenvalue weighted by Crippen LogP contribution is -2.14. The Morgan fingerprint density at radius 2 is 2.67 bits per heavy atom. The summed E-state index contributed by atoms with van der Waals surface area (Å²) in [5.74, 6) is -0.521. The number of esters is 1. The molecule has 52 valence electrons. The summed E-state index contributed by atoms with van der Waals surface area (Å²) in [7, 11) is 1.24. The average molecular weight is 133 g/mol. The molecule has 0 spiro atoms. The average Bonchev–Trinajstić information content (AvgIpc) is 2.07. The molecule has 0 heterocycles. The first-order chi connectivity index (χ1) is 5.22. The van der Waals surface area contributed by atoms with Gasteiger partial charge in [0.15, 0.2) is 0 Å². The number of carbonyl (C=O) groups is 1. The van der Waals surface area contributed by atoms with Crippen molar-refractivity contribution in [2.24, 2.45) is 5.11 Å². The van der Waals surface area contributed by atoms with Gasteiger partial charge in [-0.15, -0.1) is 0 Å². The fraction of sp³-hybridized carbons (Fsp3) is 0.750. The van der Waals surface area contributed by atoms with Crippen molar-refractivity contribution in [3.8, 4) is 0 Å². The van der Waals surface area contributed by atoms with E-state index in [1.54, 1.807) is 0 Å². The number of ether oxygens (including phenoxy) is 1. The van der Waals surface area contributed by atoms with E-state index >= 15 is 0 Å². The van der Waals surface area contributed by atoms with Crippen LogP contribution in [0.3, 0.4) is 0 Å². The summed E-state index contributed by atoms with van der Waals surface area (Å²) < 4.78 is 14.3. The van der Waals surface area contributed by atoms with Crippen LogP contribution in [0, 0.1) is 0 Å². The van der Waals surface area contributed by atoms with Crippen molar-refractivity contribution >= 4 is 5.97 Å². The van der Waals surface area contributed by atoms with E-state index in [4.69, 9.17) is 8.50 Å². The van der Waals surface area contributed by atoms with Gasteiger partial charge in [0.25, 0.3) is 0 Å². The molecular formula is C4H9N3O2. The van der Waals surface area contributed by atoms with Crippen LogP contribution in [-0.2, 0) is 9.53 Å². The Morgan fingerprint density at radius 1 is 2.11 bits per heavy atom. The van der Waals surface area contributed by atoms with Gasteiger partial charge in [0.05, 0.1) is 7.11 Å². The Bertz CT molecular complexity index is 157. The molecule has 0 aromatic heterocycles. The van der Waals surface area contributed by atoms with Gasteiger partial charge < -0.3 is 4.74 Å². The summed E-state index contributed by atoms with van der Waals surface area (Å²) in [4.78, 5) is 12.8. The van der Waals surface area contributed by atoms with E-state index in [2.05, 4.69) is 14.8 Å². The molecule has 5 nitrogen and oxygen atoms in total. The second-order valence-corrected chi connectivity index (χ2v) is 1.40. The number of nitrogens with zero attached hydrogens (tertiary/aromatic N) is 3. The zero-order chi connectivity index (χ0) is 9.28. The van der Waals surface area contributed by atoms with Gasteiger partial charge >= 0.3 is 5.97 Å². The third-order valence-electron chi connectivity index (χ3n) is 0.767. The molecule has 0 radical (unpaired) electrons. The lowest BCUT2D eigenvalue weighted by Gasteiger charge is -1.98. The van der Waals surface area contributed by atoms with E-state index in [0.717, 1.165) is 0 Å². The van der Waals surface area contributed by atoms with Gasteiger partial charge in [-0.25, -0.2) is 0 Å². The van der Waals surface area contributed by atoms with Gasteiger partial charge in [-0.3, -0.25) is 4.79 Å². The quantitative estimate of drug-likeness (QED) is 0.245. The van der Waals surface area contributed by atoms with Crippen molar-refractivity contribution in [1.29, 1.82) is 0 Å². The molecular weight excluding hydrogens is 122 g/mol. The highest BCUT2D eigenvalue weighted by Gasteiger charge is 2.08. The molecule has 0 aliphatic heterocycles. The monoisotopic (exact) mass is 133 g/mol. The SMILES string of the molecule is COC(=O)C(C)N=[N+]=[N-].[2H][2H]. The second kappa shape index (κ2) is 3.74. The van der Waals surface area contributed by atoms with Gasteiger partial charge in [0.1, 0.15) is 6.04 Å². The number of hydrogen-bond donors (Lipinski definition) is 0. The number of hydrogen-bond acceptors (Lipinski definition) is 3. The first-order valence-corrected chi connectivity index (χ1v) is 2.34. The Hall–Kier alpha value is -1.22. The van der Waals surface area contributed by atoms with Crippen LogP contribution < -0.4 is 0 Å². The van der Waals surface area contributed by atoms with Crippen molar-refractivity contribution in [2.75, 3.05) is 7.11 Å². The molecule has 0 bridgehead atoms. The van der Waals surface area contributed by atoms with Crippen molar-refractivity contribution in [3.63, 3.8) is 0 Å². The van der Waals surface area contributed by atoms with Crippen LogP contribution in [0.25, 0.3) is 10.4 Å². The number of rotatable bonds is 2. The zero-order valence-electron chi connectivity index (χ0n) is 7.24. The third-order valence-corrected chi connectivity index (χ3v) is 0.767. The Balaban J connectivity index is 0. The van der Waals surface area contributed by atoms with Crippen LogP contribution in [-0.4, -0.2) is 19.1 Å². The number of methoxy groups -OCH3 is 1. The minimum atomic E-state index is -0.722. The molecule has 0 aromatic rings. The number of carbonyl (C=O) groups excluding carboxylic acids is 1. The first kappa shape index (κ1) is 5.91. The number of azide groups is 1. The maximum atomic E-state index is 10.4. The molecule has 1 unspecified atom stereocenters. The largest absolute Gasteiger partial charge is 0.469 e. The highest BCUT2D eigenvalue weighted by Crippen LogP contribution is 1.91. The lowest BCUT2D eigenvalue weighted by atomic mass is 10.4. The summed E-state index contributed by atoms with van der Waals surface area (Å²) >= 11 is 0. The molecule has 0 N–H and O–H groups in total. The van der Waals surface area contributed by atoms with Gasteiger partial charge in [-0.05, 0) is 12.5 Å². The van der Waals surface area contributed by atoms with E-state index < -0.39 is 12.0 Å². The van der Waals surface area contributed by atoms with Gasteiger partial charge in [-0.1, -0.05) is 5.11 Å². The maximum Gasteiger partial charge on any atom is 0.314 e. The highest BCUT2D eigenvalue weighted by molar-refractivity contribution is 5.75. The Kier molecular flexibility index (Phi) is 2.46. The van der Waals surface area contributed by atoms with Crippen molar-refractivity contribution < 1.29 is 12.5 Å². The zero-order valence-corrected chi connectivity index (χ0v) is 5.24. The third kappa shape index (κ3) is 2.56. The molecule has 0 rings (SSSR count). The van der Waals surface area contributed by atoms with E-state index in [-0.39, 0.29) is 0 Å². The van der Waals surface area contributed by atoms with Crippen LogP contribution in [0.15, 0.2) is 5.11 Å². The van der Waals surface area contributed by atoms with Crippen molar-refractivity contribution in [2.45, 2.75) is 13.0 Å². The van der Waals surface area contributed by atoms with E-state index in [0.29, 0.717) is 0 Å². The van der Waals surface area contributed by atoms with E-state index in [1.165, 1.54) is 14.0 Å². The fourth-order valence-electron chi connectivity index (χ4n) is 0.295. The Morgan fingerprint density at radius 3 is 3.00 bits per heavy atom. The van der Waals surface area contributed by atoms with Crippen molar-refractivity contribution in [3.05, 3.63) is 10.4 Å². The van der Waals surface area contributed by atoms with Gasteiger partial charge in [0.2, 0.25) is 0 Å². The molecule has 0 aliphatic rings. The van der Waals surface area contributed by atoms with Crippen molar-refractivity contribution in [1.82, 2.24) is 0 Å². The van der Waals surface area contributed by atoms with Crippen LogP contribution >= 0.6 is 0 Å². The summed E-state index contributed by atoms with van der Waals surface area (Å²) in [6.07, 6.45) is 0.